The highest BCUT2D eigenvalue weighted by molar-refractivity contribution is 5.79. The van der Waals surface area contributed by atoms with Crippen LogP contribution >= 0.6 is 0 Å². The molecule has 3 rings (SSSR count). The fraction of sp³-hybridized carbons (Fsp3) is 0.923. The van der Waals surface area contributed by atoms with Crippen molar-refractivity contribution in [1.29, 1.82) is 0 Å². The highest BCUT2D eigenvalue weighted by Crippen LogP contribution is 2.48. The third kappa shape index (κ3) is 1.97. The van der Waals surface area contributed by atoms with Gasteiger partial charge in [-0.2, -0.15) is 0 Å². The van der Waals surface area contributed by atoms with E-state index >= 15 is 0 Å². The second-order valence-electron chi connectivity index (χ2n) is 5.66. The summed E-state index contributed by atoms with van der Waals surface area (Å²) in [6.07, 6.45) is 7.62. The van der Waals surface area contributed by atoms with Crippen LogP contribution in [-0.4, -0.2) is 25.2 Å². The molecule has 4 unspecified atom stereocenters. The zero-order valence-corrected chi connectivity index (χ0v) is 9.78. The van der Waals surface area contributed by atoms with Gasteiger partial charge in [0.25, 0.3) is 0 Å². The molecule has 16 heavy (non-hydrogen) atoms. The summed E-state index contributed by atoms with van der Waals surface area (Å²) in [6.45, 7) is 1.60. The maximum atomic E-state index is 12.0. The number of carbonyl (C=O) groups excluding carboxylic acids is 1. The van der Waals surface area contributed by atoms with Crippen molar-refractivity contribution in [3.8, 4) is 0 Å². The van der Waals surface area contributed by atoms with E-state index in [1.807, 2.05) is 0 Å². The fourth-order valence-corrected chi connectivity index (χ4v) is 3.72. The number of rotatable bonds is 3. The Kier molecular flexibility index (Phi) is 2.88. The van der Waals surface area contributed by atoms with Gasteiger partial charge in [0, 0.05) is 19.1 Å². The van der Waals surface area contributed by atoms with Crippen molar-refractivity contribution < 1.29 is 9.53 Å². The molecule has 1 aliphatic heterocycles. The molecule has 0 radical (unpaired) electrons. The van der Waals surface area contributed by atoms with Crippen molar-refractivity contribution in [1.82, 2.24) is 5.32 Å². The summed E-state index contributed by atoms with van der Waals surface area (Å²) >= 11 is 0. The topological polar surface area (TPSA) is 38.3 Å². The third-order valence-corrected chi connectivity index (χ3v) is 4.60. The van der Waals surface area contributed by atoms with Gasteiger partial charge >= 0.3 is 0 Å². The zero-order valence-electron chi connectivity index (χ0n) is 9.78. The number of hydrogen-bond donors (Lipinski definition) is 1. The van der Waals surface area contributed by atoms with Crippen molar-refractivity contribution in [3.05, 3.63) is 0 Å². The van der Waals surface area contributed by atoms with Crippen molar-refractivity contribution in [3.63, 3.8) is 0 Å². The van der Waals surface area contributed by atoms with Gasteiger partial charge in [0.1, 0.15) is 0 Å². The molecule has 90 valence electrons. The Labute approximate surface area is 96.9 Å². The standard InChI is InChI=1S/C13H21NO2/c15-13(14-8-11-2-1-5-16-11)12-7-9-3-4-10(12)6-9/h9-12H,1-8H2,(H,14,15). The number of nitrogens with one attached hydrogen (secondary N) is 1. The Morgan fingerprint density at radius 3 is 2.81 bits per heavy atom. The minimum Gasteiger partial charge on any atom is -0.376 e. The first kappa shape index (κ1) is 10.6. The summed E-state index contributed by atoms with van der Waals surface area (Å²) in [6, 6.07) is 0. The molecule has 3 fully saturated rings. The molecule has 2 saturated carbocycles. The van der Waals surface area contributed by atoms with E-state index in [0.29, 0.717) is 17.7 Å². The lowest BCUT2D eigenvalue weighted by molar-refractivity contribution is -0.127. The first-order chi connectivity index (χ1) is 7.83. The third-order valence-electron chi connectivity index (χ3n) is 4.60. The van der Waals surface area contributed by atoms with Crippen molar-refractivity contribution in [2.45, 2.75) is 44.6 Å². The minimum absolute atomic E-state index is 0.280. The van der Waals surface area contributed by atoms with Gasteiger partial charge in [-0.05, 0) is 43.9 Å². The molecule has 0 aromatic carbocycles. The van der Waals surface area contributed by atoms with E-state index in [9.17, 15) is 4.79 Å². The molecular weight excluding hydrogens is 202 g/mol. The average Bonchev–Trinajstić information content (AvgIpc) is 3.01. The fourth-order valence-electron chi connectivity index (χ4n) is 3.72. The van der Waals surface area contributed by atoms with E-state index in [-0.39, 0.29) is 6.10 Å². The van der Waals surface area contributed by atoms with Gasteiger partial charge in [-0.15, -0.1) is 0 Å². The van der Waals surface area contributed by atoms with Crippen LogP contribution in [0, 0.1) is 17.8 Å². The van der Waals surface area contributed by atoms with E-state index in [1.165, 1.54) is 19.3 Å². The summed E-state index contributed by atoms with van der Waals surface area (Å²) in [5, 5.41) is 3.09. The predicted octanol–water partition coefficient (Wildman–Crippen LogP) is 1.72. The first-order valence-electron chi connectivity index (χ1n) is 6.72. The predicted molar refractivity (Wildman–Crippen MR) is 60.9 cm³/mol. The number of carbonyl (C=O) groups is 1. The second-order valence-corrected chi connectivity index (χ2v) is 5.66. The number of amides is 1. The Balaban J connectivity index is 1.46. The number of fused-ring (bicyclic) bond motifs is 2. The van der Waals surface area contributed by atoms with Crippen LogP contribution in [-0.2, 0) is 9.53 Å². The molecule has 4 atom stereocenters. The first-order valence-corrected chi connectivity index (χ1v) is 6.72. The highest BCUT2D eigenvalue weighted by Gasteiger charge is 2.42. The Bertz CT molecular complexity index is 273. The summed E-state index contributed by atoms with van der Waals surface area (Å²) in [4.78, 5) is 12.0. The van der Waals surface area contributed by atoms with Gasteiger partial charge in [0.2, 0.25) is 5.91 Å². The van der Waals surface area contributed by atoms with Crippen LogP contribution in [0.4, 0.5) is 0 Å². The summed E-state index contributed by atoms with van der Waals surface area (Å²) in [7, 11) is 0. The summed E-state index contributed by atoms with van der Waals surface area (Å²) < 4.78 is 5.51. The van der Waals surface area contributed by atoms with Crippen LogP contribution in [0.25, 0.3) is 0 Å². The molecule has 3 aliphatic rings. The van der Waals surface area contributed by atoms with E-state index in [4.69, 9.17) is 4.74 Å². The lowest BCUT2D eigenvalue weighted by Gasteiger charge is -2.21. The van der Waals surface area contributed by atoms with Crippen LogP contribution < -0.4 is 5.32 Å². The SMILES string of the molecule is O=C(NCC1CCCO1)C1CC2CCC1C2. The largest absolute Gasteiger partial charge is 0.376 e. The molecule has 3 heteroatoms. The lowest BCUT2D eigenvalue weighted by Crippen LogP contribution is -2.38. The molecule has 1 N–H and O–H groups in total. The molecule has 1 saturated heterocycles. The molecule has 0 spiro atoms. The lowest BCUT2D eigenvalue weighted by atomic mass is 9.88. The molecular formula is C13H21NO2. The van der Waals surface area contributed by atoms with Crippen LogP contribution in [0.3, 0.4) is 0 Å². The number of hydrogen-bond acceptors (Lipinski definition) is 2. The normalized spacial score (nSPS) is 41.5. The van der Waals surface area contributed by atoms with Crippen molar-refractivity contribution in [2.75, 3.05) is 13.2 Å². The van der Waals surface area contributed by atoms with Crippen LogP contribution in [0.5, 0.6) is 0 Å². The van der Waals surface area contributed by atoms with E-state index in [0.717, 1.165) is 38.3 Å². The molecule has 2 bridgehead atoms. The Morgan fingerprint density at radius 1 is 1.25 bits per heavy atom. The Morgan fingerprint density at radius 2 is 2.19 bits per heavy atom. The van der Waals surface area contributed by atoms with Gasteiger partial charge in [-0.1, -0.05) is 6.42 Å². The van der Waals surface area contributed by atoms with Gasteiger partial charge in [-0.25, -0.2) is 0 Å². The smallest absolute Gasteiger partial charge is 0.223 e. The van der Waals surface area contributed by atoms with Gasteiger partial charge in [0.15, 0.2) is 0 Å². The Hall–Kier alpha value is -0.570. The molecule has 0 aromatic rings. The minimum atomic E-state index is 0.280. The maximum absolute atomic E-state index is 12.0. The molecule has 1 heterocycles. The average molecular weight is 223 g/mol. The van der Waals surface area contributed by atoms with Crippen LogP contribution in [0.1, 0.15) is 38.5 Å². The van der Waals surface area contributed by atoms with Crippen LogP contribution in [0.15, 0.2) is 0 Å². The van der Waals surface area contributed by atoms with E-state index < -0.39 is 0 Å². The summed E-state index contributed by atoms with van der Waals surface area (Å²) in [5.41, 5.74) is 0. The van der Waals surface area contributed by atoms with Gasteiger partial charge in [-0.3, -0.25) is 4.79 Å². The molecule has 3 nitrogen and oxygen atoms in total. The van der Waals surface area contributed by atoms with Crippen molar-refractivity contribution >= 4 is 5.91 Å². The quantitative estimate of drug-likeness (QED) is 0.791. The van der Waals surface area contributed by atoms with Crippen molar-refractivity contribution in [2.24, 2.45) is 17.8 Å². The molecule has 0 aromatic heterocycles. The summed E-state index contributed by atoms with van der Waals surface area (Å²) in [5.74, 6) is 2.15. The van der Waals surface area contributed by atoms with E-state index in [1.54, 1.807) is 0 Å². The van der Waals surface area contributed by atoms with E-state index in [2.05, 4.69) is 5.32 Å². The highest BCUT2D eigenvalue weighted by atomic mass is 16.5. The molecule has 1 amide bonds. The van der Waals surface area contributed by atoms with Gasteiger partial charge < -0.3 is 10.1 Å². The number of ether oxygens (including phenoxy) is 1. The second kappa shape index (κ2) is 4.36. The molecule has 2 aliphatic carbocycles. The maximum Gasteiger partial charge on any atom is 0.223 e. The monoisotopic (exact) mass is 223 g/mol. The van der Waals surface area contributed by atoms with Gasteiger partial charge in [0.05, 0.1) is 6.10 Å². The zero-order chi connectivity index (χ0) is 11.0. The van der Waals surface area contributed by atoms with Crippen LogP contribution in [0.2, 0.25) is 0 Å².